The maximum Gasteiger partial charge on any atom is 0.407 e. The number of rotatable bonds is 25. The Hall–Kier alpha value is -10.5. The van der Waals surface area contributed by atoms with E-state index in [1.807, 2.05) is 39.8 Å². The highest BCUT2D eigenvalue weighted by Gasteiger charge is 2.44. The molecule has 7 rings (SSSR count). The molecule has 0 aromatic heterocycles. The van der Waals surface area contributed by atoms with Crippen molar-refractivity contribution in [1.29, 1.82) is 0 Å². The van der Waals surface area contributed by atoms with E-state index in [9.17, 15) is 43.2 Å². The van der Waals surface area contributed by atoms with Gasteiger partial charge < -0.3 is 83.5 Å². The molecule has 11 atom stereocenters. The van der Waals surface area contributed by atoms with Gasteiger partial charge in [-0.05, 0) is 130 Å². The third kappa shape index (κ3) is 27.6. The number of nitrogens with zero attached hydrogens (tertiary/aromatic N) is 2. The van der Waals surface area contributed by atoms with E-state index in [1.165, 1.54) is 9.80 Å². The van der Waals surface area contributed by atoms with Gasteiger partial charge in [-0.15, -0.1) is 0 Å². The summed E-state index contributed by atoms with van der Waals surface area (Å²) in [6.07, 6.45) is -0.364. The lowest BCUT2D eigenvalue weighted by atomic mass is 9.99. The summed E-state index contributed by atoms with van der Waals surface area (Å²) in [5.74, 6) is -9.98. The van der Waals surface area contributed by atoms with Crippen molar-refractivity contribution in [2.75, 3.05) is 32.7 Å². The molecule has 0 bridgehead atoms. The summed E-state index contributed by atoms with van der Waals surface area (Å²) in [5, 5.41) is 31.0. The molecule has 3 fully saturated rings. The van der Waals surface area contributed by atoms with E-state index in [1.54, 1.807) is 137 Å². The summed E-state index contributed by atoms with van der Waals surface area (Å²) in [5.41, 5.74) is 8.82. The van der Waals surface area contributed by atoms with E-state index in [0.29, 0.717) is 24.0 Å². The molecule has 0 unspecified atom stereocenters. The minimum Gasteiger partial charge on any atom is -0.445 e. The standard InChI is InChI=1S/C81H114N14O15/c1-50(2)44-61-72(99)85-58(34-21-39-82)71(98)90-63(46-54-26-13-9-14-27-54)78(105)94-42-24-37-65(94)74(101)92-68(53(7)8)77(104)87-60(36-23-41-84-81(108)110-49-57-32-19-12-20-33-57)70(97)89-62(45-51(3)4)73(100)91-64(47-55-28-15-10-16-29-55)79(106)95-43-25-38-66(95)75(102)93-67(52(5)6)76(103)86-59(69(96)88-61)35-22-40-83-80(107)109-48-56-30-17-11-18-31-56/h9-20,26-33,50-53,58-68H,21-25,34-49,82H2,1-8H3,(H,83,107)(H,84,108)(H,85,99)(H,86,103)(H,87,104)(H,88,96)(H,89,97)(H,90,98)(H,91,100)(H,92,101)(H,93,102)/t58-,59-,60-,61-,62-,63+,64+,65-,66-,67-,68-/m0/s1. The Morgan fingerprint density at radius 1 is 0.391 bits per heavy atom. The van der Waals surface area contributed by atoms with Gasteiger partial charge in [0, 0.05) is 39.0 Å². The van der Waals surface area contributed by atoms with E-state index in [4.69, 9.17) is 15.2 Å². The van der Waals surface area contributed by atoms with Gasteiger partial charge in [0.15, 0.2) is 0 Å². The Kier molecular flexibility index (Phi) is 34.9. The predicted molar refractivity (Wildman–Crippen MR) is 412 cm³/mol. The van der Waals surface area contributed by atoms with Gasteiger partial charge in [-0.1, -0.05) is 177 Å². The van der Waals surface area contributed by atoms with Gasteiger partial charge in [-0.3, -0.25) is 52.7 Å². The van der Waals surface area contributed by atoms with Crippen LogP contribution < -0.4 is 64.2 Å². The molecule has 110 heavy (non-hydrogen) atoms. The van der Waals surface area contributed by atoms with Crippen LogP contribution in [0.3, 0.4) is 0 Å². The first-order chi connectivity index (χ1) is 52.7. The SMILES string of the molecule is CC(C)C[C@@H]1NC(=O)[C@H](CCCNC(=O)OCc2ccccc2)NC(=O)[C@H](C(C)C)NC(=O)[C@@H]2CCCN2C(=O)[C@@H](Cc2ccccc2)NC(=O)[C@H](CC(C)C)NC(=O)[C@H](CCCNC(=O)OCc2ccccc2)NC(=O)[C@H](C(C)C)NC(=O)[C@@H]2CCCN2C(=O)[C@@H](Cc2ccccc2)NC(=O)[C@H](CCCN)NC1=O. The second-order valence-electron chi connectivity index (χ2n) is 30.1. The van der Waals surface area contributed by atoms with Crippen LogP contribution in [0.15, 0.2) is 121 Å². The number of hydrogen-bond acceptors (Lipinski definition) is 16. The molecule has 0 saturated carbocycles. The van der Waals surface area contributed by atoms with Gasteiger partial charge in [0.05, 0.1) is 0 Å². The summed E-state index contributed by atoms with van der Waals surface area (Å²) in [6, 6.07) is 21.3. The maximum absolute atomic E-state index is 15.3. The van der Waals surface area contributed by atoms with E-state index in [-0.39, 0.29) is 135 Å². The lowest BCUT2D eigenvalue weighted by Crippen LogP contribution is -2.61. The van der Waals surface area contributed by atoms with E-state index in [2.05, 4.69) is 58.5 Å². The third-order valence-corrected chi connectivity index (χ3v) is 19.5. The minimum atomic E-state index is -1.42. The Morgan fingerprint density at radius 3 is 1.02 bits per heavy atom. The number of carbonyl (C=O) groups excluding carboxylic acids is 13. The van der Waals surface area contributed by atoms with Crippen molar-refractivity contribution in [3.63, 3.8) is 0 Å². The van der Waals surface area contributed by atoms with Crippen molar-refractivity contribution >= 4 is 77.2 Å². The normalized spacial score (nSPS) is 23.5. The van der Waals surface area contributed by atoms with Gasteiger partial charge in [0.25, 0.3) is 0 Å². The fourth-order valence-corrected chi connectivity index (χ4v) is 13.6. The van der Waals surface area contributed by atoms with Crippen molar-refractivity contribution < 1.29 is 71.8 Å². The molecule has 4 aromatic rings. The van der Waals surface area contributed by atoms with Gasteiger partial charge in [-0.2, -0.15) is 0 Å². The highest BCUT2D eigenvalue weighted by atomic mass is 16.6. The molecule has 4 aromatic carbocycles. The average Bonchev–Trinajstić information content (AvgIpc) is 1.60. The number of fused-ring (bicyclic) bond motifs is 2. The van der Waals surface area contributed by atoms with Crippen LogP contribution in [0.4, 0.5) is 9.59 Å². The molecular formula is C81H114N14O15. The molecule has 0 aliphatic carbocycles. The largest absolute Gasteiger partial charge is 0.445 e. The quantitative estimate of drug-likeness (QED) is 0.0409. The van der Waals surface area contributed by atoms with E-state index >= 15 is 19.2 Å². The average molecular weight is 1520 g/mol. The molecule has 0 spiro atoms. The maximum atomic E-state index is 15.3. The van der Waals surface area contributed by atoms with Crippen molar-refractivity contribution in [2.24, 2.45) is 29.4 Å². The fraction of sp³-hybridized carbons (Fsp3) is 0.543. The third-order valence-electron chi connectivity index (χ3n) is 19.5. The van der Waals surface area contributed by atoms with Crippen molar-refractivity contribution in [1.82, 2.24) is 68.3 Å². The van der Waals surface area contributed by atoms with E-state index in [0.717, 1.165) is 11.1 Å². The van der Waals surface area contributed by atoms with Crippen molar-refractivity contribution in [3.8, 4) is 0 Å². The Balaban J connectivity index is 1.26. The van der Waals surface area contributed by atoms with Crippen LogP contribution in [0, 0.1) is 23.7 Å². The molecule has 3 aliphatic heterocycles. The number of nitrogens with one attached hydrogen (secondary N) is 11. The molecule has 598 valence electrons. The molecule has 0 radical (unpaired) electrons. The summed E-state index contributed by atoms with van der Waals surface area (Å²) in [6.45, 7) is 14.2. The van der Waals surface area contributed by atoms with Gasteiger partial charge >= 0.3 is 12.2 Å². The summed E-state index contributed by atoms with van der Waals surface area (Å²) in [4.78, 5) is 194. The molecule has 29 nitrogen and oxygen atoms in total. The monoisotopic (exact) mass is 1520 g/mol. The van der Waals surface area contributed by atoms with Crippen LogP contribution in [-0.2, 0) is 88.3 Å². The topological polar surface area (TPSA) is 405 Å². The Bertz CT molecular complexity index is 3700. The second kappa shape index (κ2) is 44.3. The minimum absolute atomic E-state index is 0.0160. The fourth-order valence-electron chi connectivity index (χ4n) is 13.6. The van der Waals surface area contributed by atoms with Crippen molar-refractivity contribution in [2.45, 2.75) is 225 Å². The molecule has 3 saturated heterocycles. The highest BCUT2D eigenvalue weighted by Crippen LogP contribution is 2.24. The number of ether oxygens (including phenoxy) is 2. The predicted octanol–water partition coefficient (Wildman–Crippen LogP) is 4.39. The lowest BCUT2D eigenvalue weighted by molar-refractivity contribution is -0.143. The lowest BCUT2D eigenvalue weighted by Gasteiger charge is -2.32. The zero-order chi connectivity index (χ0) is 79.8. The van der Waals surface area contributed by atoms with Gasteiger partial charge in [0.1, 0.15) is 79.7 Å². The summed E-state index contributed by atoms with van der Waals surface area (Å²) in [7, 11) is 0. The van der Waals surface area contributed by atoms with Crippen molar-refractivity contribution in [3.05, 3.63) is 144 Å². The number of benzene rings is 4. The summed E-state index contributed by atoms with van der Waals surface area (Å²) < 4.78 is 10.8. The first-order valence-electron chi connectivity index (χ1n) is 38.7. The van der Waals surface area contributed by atoms with Crippen LogP contribution >= 0.6 is 0 Å². The van der Waals surface area contributed by atoms with Crippen LogP contribution in [0.25, 0.3) is 0 Å². The molecule has 13 amide bonds. The molecule has 13 N–H and O–H groups in total. The molecule has 3 heterocycles. The van der Waals surface area contributed by atoms with E-state index < -0.39 is 155 Å². The first-order valence-corrected chi connectivity index (χ1v) is 38.7. The molecule has 3 aliphatic rings. The van der Waals surface area contributed by atoms with Crippen LogP contribution in [0.5, 0.6) is 0 Å². The molecular weight excluding hydrogens is 1410 g/mol. The Labute approximate surface area is 645 Å². The van der Waals surface area contributed by atoms with Crippen LogP contribution in [-0.4, -0.2) is 186 Å². The smallest absolute Gasteiger partial charge is 0.407 e. The number of nitrogens with two attached hydrogens (primary N) is 1. The van der Waals surface area contributed by atoms with Crippen LogP contribution in [0.2, 0.25) is 0 Å². The second-order valence-corrected chi connectivity index (χ2v) is 30.1. The first kappa shape index (κ1) is 86.8. The number of carbonyl (C=O) groups is 13. The number of alkyl carbamates (subject to hydrolysis) is 2. The number of amides is 13. The van der Waals surface area contributed by atoms with Crippen LogP contribution in [0.1, 0.15) is 155 Å². The zero-order valence-corrected chi connectivity index (χ0v) is 64.7. The highest BCUT2D eigenvalue weighted by molar-refractivity contribution is 6.00. The van der Waals surface area contributed by atoms with Gasteiger partial charge in [0.2, 0.25) is 65.0 Å². The summed E-state index contributed by atoms with van der Waals surface area (Å²) >= 11 is 0. The van der Waals surface area contributed by atoms with Gasteiger partial charge in [-0.25, -0.2) is 9.59 Å². The molecule has 29 heteroatoms. The number of hydrogen-bond donors (Lipinski definition) is 12. The Morgan fingerprint density at radius 2 is 0.691 bits per heavy atom. The zero-order valence-electron chi connectivity index (χ0n) is 64.7.